The summed E-state index contributed by atoms with van der Waals surface area (Å²) < 4.78 is 12.3. The predicted molar refractivity (Wildman–Crippen MR) is 109 cm³/mol. The molecule has 1 fully saturated rings. The molecule has 1 aromatic rings. The van der Waals surface area contributed by atoms with Crippen molar-refractivity contribution < 1.29 is 19.4 Å². The second kappa shape index (κ2) is 7.81. The van der Waals surface area contributed by atoms with E-state index in [1.807, 2.05) is 0 Å². The highest BCUT2D eigenvalue weighted by atomic mass is 16.7. The molecule has 0 saturated heterocycles. The molecule has 28 heavy (non-hydrogen) atoms. The van der Waals surface area contributed by atoms with Crippen LogP contribution in [0.4, 0.5) is 0 Å². The van der Waals surface area contributed by atoms with Crippen molar-refractivity contribution in [2.24, 2.45) is 0 Å². The first-order valence-electron chi connectivity index (χ1n) is 11.0. The zero-order valence-corrected chi connectivity index (χ0v) is 17.2. The van der Waals surface area contributed by atoms with Crippen molar-refractivity contribution in [3.63, 3.8) is 0 Å². The Morgan fingerprint density at radius 1 is 1.18 bits per heavy atom. The Labute approximate surface area is 167 Å². The second-order valence-electron chi connectivity index (χ2n) is 8.75. The van der Waals surface area contributed by atoms with E-state index < -0.39 is 5.79 Å². The maximum atomic E-state index is 13.1. The first-order valence-corrected chi connectivity index (χ1v) is 11.0. The Balaban J connectivity index is 1.82. The van der Waals surface area contributed by atoms with Crippen molar-refractivity contribution in [3.8, 4) is 11.5 Å². The SMILES string of the molecule is CCCCCc1cc(O)c(C2C=C(C)CCC2)c2c1C(=O)OC1(CCCC1)O2. The van der Waals surface area contributed by atoms with Crippen molar-refractivity contribution in [1.29, 1.82) is 0 Å². The maximum absolute atomic E-state index is 13.1. The molecule has 1 atom stereocenters. The van der Waals surface area contributed by atoms with E-state index in [0.29, 0.717) is 11.3 Å². The number of carbonyl (C=O) groups is 1. The number of fused-ring (bicyclic) bond motifs is 1. The topological polar surface area (TPSA) is 55.8 Å². The van der Waals surface area contributed by atoms with Gasteiger partial charge in [-0.25, -0.2) is 4.79 Å². The van der Waals surface area contributed by atoms with E-state index in [0.717, 1.165) is 81.8 Å². The van der Waals surface area contributed by atoms with Crippen LogP contribution in [0.15, 0.2) is 17.7 Å². The predicted octanol–water partition coefficient (Wildman–Crippen LogP) is 6.16. The van der Waals surface area contributed by atoms with Crippen LogP contribution in [0.25, 0.3) is 0 Å². The summed E-state index contributed by atoms with van der Waals surface area (Å²) in [5.41, 5.74) is 3.54. The molecule has 3 aliphatic rings. The molecular formula is C24H32O4. The maximum Gasteiger partial charge on any atom is 0.345 e. The van der Waals surface area contributed by atoms with Gasteiger partial charge in [-0.1, -0.05) is 31.4 Å². The lowest BCUT2D eigenvalue weighted by Crippen LogP contribution is -2.43. The first-order chi connectivity index (χ1) is 13.5. The van der Waals surface area contributed by atoms with Gasteiger partial charge in [0.05, 0.1) is 0 Å². The van der Waals surface area contributed by atoms with Gasteiger partial charge < -0.3 is 14.6 Å². The number of hydrogen-bond acceptors (Lipinski definition) is 4. The quantitative estimate of drug-likeness (QED) is 0.375. The highest BCUT2D eigenvalue weighted by molar-refractivity contribution is 5.96. The van der Waals surface area contributed by atoms with Gasteiger partial charge in [-0.3, -0.25) is 0 Å². The minimum atomic E-state index is -0.833. The summed E-state index contributed by atoms with van der Waals surface area (Å²) in [5.74, 6) is -0.144. The summed E-state index contributed by atoms with van der Waals surface area (Å²) in [4.78, 5) is 13.1. The number of benzene rings is 1. The number of unbranched alkanes of at least 4 members (excludes halogenated alkanes) is 2. The van der Waals surface area contributed by atoms with E-state index in [1.165, 1.54) is 5.57 Å². The fourth-order valence-corrected chi connectivity index (χ4v) is 5.05. The number of aryl methyl sites for hydroxylation is 1. The number of rotatable bonds is 5. The minimum Gasteiger partial charge on any atom is -0.507 e. The van der Waals surface area contributed by atoms with Crippen LogP contribution in [-0.4, -0.2) is 16.9 Å². The lowest BCUT2D eigenvalue weighted by Gasteiger charge is -2.37. The summed E-state index contributed by atoms with van der Waals surface area (Å²) in [6, 6.07) is 1.79. The standard InChI is InChI=1S/C24H32O4/c1-3-4-5-10-18-15-19(25)20(17-11-8-9-16(2)14-17)22-21(18)23(26)28-24(27-22)12-6-7-13-24/h14-15,17,25H,3-13H2,1-2H3. The van der Waals surface area contributed by atoms with Crippen LogP contribution in [0.5, 0.6) is 11.5 Å². The van der Waals surface area contributed by atoms with Crippen molar-refractivity contribution in [3.05, 3.63) is 34.4 Å². The lowest BCUT2D eigenvalue weighted by atomic mass is 9.82. The molecule has 1 spiro atoms. The number of ether oxygens (including phenoxy) is 2. The normalized spacial score (nSPS) is 23.1. The van der Waals surface area contributed by atoms with Gasteiger partial charge in [-0.2, -0.15) is 0 Å². The molecule has 4 nitrogen and oxygen atoms in total. The van der Waals surface area contributed by atoms with E-state index in [-0.39, 0.29) is 17.6 Å². The van der Waals surface area contributed by atoms with Gasteiger partial charge in [-0.15, -0.1) is 0 Å². The van der Waals surface area contributed by atoms with E-state index in [1.54, 1.807) is 6.07 Å². The van der Waals surface area contributed by atoms with Gasteiger partial charge in [-0.05, 0) is 63.5 Å². The molecule has 1 N–H and O–H groups in total. The number of aromatic hydroxyl groups is 1. The van der Waals surface area contributed by atoms with Gasteiger partial charge in [0.2, 0.25) is 0 Å². The fraction of sp³-hybridized carbons (Fsp3) is 0.625. The molecule has 4 rings (SSSR count). The molecule has 0 bridgehead atoms. The molecule has 0 aromatic heterocycles. The third kappa shape index (κ3) is 3.54. The van der Waals surface area contributed by atoms with Crippen LogP contribution < -0.4 is 4.74 Å². The Kier molecular flexibility index (Phi) is 5.39. The summed E-state index contributed by atoms with van der Waals surface area (Å²) in [6.07, 6.45) is 12.8. The van der Waals surface area contributed by atoms with Crippen LogP contribution in [0.3, 0.4) is 0 Å². The largest absolute Gasteiger partial charge is 0.507 e. The Morgan fingerprint density at radius 2 is 1.96 bits per heavy atom. The number of esters is 1. The molecular weight excluding hydrogens is 352 g/mol. The highest BCUT2D eigenvalue weighted by Crippen LogP contribution is 2.50. The van der Waals surface area contributed by atoms with Gasteiger partial charge >= 0.3 is 5.97 Å². The van der Waals surface area contributed by atoms with E-state index in [4.69, 9.17) is 9.47 Å². The number of hydrogen-bond donors (Lipinski definition) is 1. The molecule has 2 aliphatic carbocycles. The average molecular weight is 385 g/mol. The fourth-order valence-electron chi connectivity index (χ4n) is 5.05. The molecule has 0 radical (unpaired) electrons. The number of phenols is 1. The van der Waals surface area contributed by atoms with E-state index in [9.17, 15) is 9.90 Å². The van der Waals surface area contributed by atoms with Crippen molar-refractivity contribution in [2.45, 2.75) is 96.2 Å². The van der Waals surface area contributed by atoms with Crippen molar-refractivity contribution >= 4 is 5.97 Å². The van der Waals surface area contributed by atoms with Crippen LogP contribution in [0, 0.1) is 0 Å². The summed E-state index contributed by atoms with van der Waals surface area (Å²) >= 11 is 0. The molecule has 1 heterocycles. The zero-order chi connectivity index (χ0) is 19.7. The van der Waals surface area contributed by atoms with E-state index >= 15 is 0 Å². The Hall–Kier alpha value is -1.97. The average Bonchev–Trinajstić information content (AvgIpc) is 3.08. The highest BCUT2D eigenvalue weighted by Gasteiger charge is 2.47. The second-order valence-corrected chi connectivity index (χ2v) is 8.75. The van der Waals surface area contributed by atoms with Crippen LogP contribution in [0.1, 0.15) is 105 Å². The molecule has 1 aliphatic heterocycles. The molecule has 0 amide bonds. The molecule has 152 valence electrons. The van der Waals surface area contributed by atoms with Crippen molar-refractivity contribution in [1.82, 2.24) is 0 Å². The molecule has 1 saturated carbocycles. The Morgan fingerprint density at radius 3 is 2.68 bits per heavy atom. The summed E-state index contributed by atoms with van der Waals surface area (Å²) in [6.45, 7) is 4.30. The van der Waals surface area contributed by atoms with Crippen LogP contribution in [0.2, 0.25) is 0 Å². The summed E-state index contributed by atoms with van der Waals surface area (Å²) in [5, 5.41) is 11.0. The first kappa shape index (κ1) is 19.4. The summed E-state index contributed by atoms with van der Waals surface area (Å²) in [7, 11) is 0. The monoisotopic (exact) mass is 384 g/mol. The third-order valence-electron chi connectivity index (χ3n) is 6.51. The number of allylic oxidation sites excluding steroid dienone is 2. The number of phenolic OH excluding ortho intramolecular Hbond substituents is 1. The van der Waals surface area contributed by atoms with Crippen LogP contribution in [-0.2, 0) is 11.2 Å². The van der Waals surface area contributed by atoms with Gasteiger partial charge in [0.25, 0.3) is 5.79 Å². The molecule has 1 unspecified atom stereocenters. The van der Waals surface area contributed by atoms with E-state index in [2.05, 4.69) is 19.9 Å². The zero-order valence-electron chi connectivity index (χ0n) is 17.2. The van der Waals surface area contributed by atoms with Gasteiger partial charge in [0.1, 0.15) is 17.1 Å². The number of carbonyl (C=O) groups excluding carboxylic acids is 1. The van der Waals surface area contributed by atoms with Gasteiger partial charge in [0.15, 0.2) is 0 Å². The Bertz CT molecular complexity index is 786. The molecule has 1 aromatic carbocycles. The molecule has 4 heteroatoms. The third-order valence-corrected chi connectivity index (χ3v) is 6.51. The van der Waals surface area contributed by atoms with Crippen molar-refractivity contribution in [2.75, 3.05) is 0 Å². The smallest absolute Gasteiger partial charge is 0.345 e. The van der Waals surface area contributed by atoms with Gasteiger partial charge in [0, 0.05) is 24.3 Å². The lowest BCUT2D eigenvalue weighted by molar-refractivity contribution is -0.149. The minimum absolute atomic E-state index is 0.0940. The van der Waals surface area contributed by atoms with Crippen LogP contribution >= 0.6 is 0 Å².